The fourth-order valence-electron chi connectivity index (χ4n) is 1.61. The van der Waals surface area contributed by atoms with Gasteiger partial charge in [-0.05, 0) is 32.9 Å². The lowest BCUT2D eigenvalue weighted by atomic mass is 10.2. The average molecular weight is 230 g/mol. The molecule has 2 rings (SSSR count). The Balaban J connectivity index is 2.23. The van der Waals surface area contributed by atoms with Crippen molar-refractivity contribution in [2.45, 2.75) is 20.8 Å². The molecule has 0 radical (unpaired) electrons. The van der Waals surface area contributed by atoms with Crippen molar-refractivity contribution in [3.63, 3.8) is 0 Å². The molecule has 0 bridgehead atoms. The third-order valence-electron chi connectivity index (χ3n) is 2.53. The molecule has 0 aliphatic carbocycles. The van der Waals surface area contributed by atoms with E-state index < -0.39 is 0 Å². The lowest BCUT2D eigenvalue weighted by Crippen LogP contribution is -2.13. The summed E-state index contributed by atoms with van der Waals surface area (Å²) in [6.45, 7) is 5.56. The summed E-state index contributed by atoms with van der Waals surface area (Å²) < 4.78 is 0. The van der Waals surface area contributed by atoms with Crippen LogP contribution in [0.15, 0.2) is 18.3 Å². The second kappa shape index (κ2) is 4.37. The number of anilines is 1. The van der Waals surface area contributed by atoms with E-state index in [4.69, 9.17) is 0 Å². The molecule has 0 aliphatic rings. The highest BCUT2D eigenvalue weighted by Crippen LogP contribution is 2.17. The minimum Gasteiger partial charge on any atom is -0.319 e. The molecule has 0 saturated carbocycles. The van der Waals surface area contributed by atoms with Crippen molar-refractivity contribution in [1.29, 1.82) is 0 Å². The number of carbonyl (C=O) groups excluding carboxylic acids is 1. The van der Waals surface area contributed by atoms with E-state index in [-0.39, 0.29) is 5.91 Å². The predicted molar refractivity (Wildman–Crippen MR) is 65.0 cm³/mol. The van der Waals surface area contributed by atoms with Crippen LogP contribution >= 0.6 is 0 Å². The molecule has 0 spiro atoms. The minimum atomic E-state index is -0.150. The summed E-state index contributed by atoms with van der Waals surface area (Å²) in [5.41, 5.74) is 3.78. The Kier molecular flexibility index (Phi) is 2.91. The van der Waals surface area contributed by atoms with Gasteiger partial charge in [0.15, 0.2) is 0 Å². The number of aromatic amines is 1. The van der Waals surface area contributed by atoms with Crippen molar-refractivity contribution in [3.05, 3.63) is 41.0 Å². The number of hydrogen-bond acceptors (Lipinski definition) is 3. The van der Waals surface area contributed by atoms with Gasteiger partial charge in [-0.15, -0.1) is 0 Å². The van der Waals surface area contributed by atoms with Gasteiger partial charge in [0.1, 0.15) is 0 Å². The molecule has 0 saturated heterocycles. The Morgan fingerprint density at radius 3 is 2.71 bits per heavy atom. The maximum absolute atomic E-state index is 12.0. The molecule has 0 atom stereocenters. The molecule has 2 N–H and O–H groups in total. The smallest absolute Gasteiger partial charge is 0.255 e. The number of aromatic nitrogens is 3. The van der Waals surface area contributed by atoms with Crippen molar-refractivity contribution < 1.29 is 4.79 Å². The van der Waals surface area contributed by atoms with Crippen LogP contribution in [0, 0.1) is 20.8 Å². The van der Waals surface area contributed by atoms with Crippen LogP contribution in [0.4, 0.5) is 5.69 Å². The topological polar surface area (TPSA) is 70.7 Å². The van der Waals surface area contributed by atoms with Crippen molar-refractivity contribution in [3.8, 4) is 0 Å². The Morgan fingerprint density at radius 1 is 1.35 bits per heavy atom. The zero-order valence-electron chi connectivity index (χ0n) is 10.0. The summed E-state index contributed by atoms with van der Waals surface area (Å²) in [6.07, 6.45) is 1.62. The molecule has 0 unspecified atom stereocenters. The fraction of sp³-hybridized carbons (Fsp3) is 0.250. The second-order valence-corrected chi connectivity index (χ2v) is 3.95. The minimum absolute atomic E-state index is 0.150. The van der Waals surface area contributed by atoms with E-state index in [9.17, 15) is 4.79 Å². The van der Waals surface area contributed by atoms with Crippen LogP contribution in [0.5, 0.6) is 0 Å². The van der Waals surface area contributed by atoms with Gasteiger partial charge in [0.25, 0.3) is 5.91 Å². The van der Waals surface area contributed by atoms with Crippen LogP contribution in [0.25, 0.3) is 0 Å². The van der Waals surface area contributed by atoms with Gasteiger partial charge in [0.2, 0.25) is 0 Å². The van der Waals surface area contributed by atoms with Gasteiger partial charge in [0.05, 0.1) is 17.1 Å². The Hall–Kier alpha value is -2.17. The molecule has 0 aromatic carbocycles. The summed E-state index contributed by atoms with van der Waals surface area (Å²) in [5.74, 6) is -0.150. The molecule has 1 amide bonds. The predicted octanol–water partition coefficient (Wildman–Crippen LogP) is 1.98. The standard InChI is InChI=1S/C12H14N4O/c1-7-6-10(4-5-13-7)12(17)14-11-8(2)15-16-9(11)3/h4-6H,1-3H3,(H,14,17)(H,15,16). The zero-order chi connectivity index (χ0) is 12.4. The van der Waals surface area contributed by atoms with E-state index >= 15 is 0 Å². The molecule has 0 aliphatic heterocycles. The first kappa shape index (κ1) is 11.3. The molecule has 88 valence electrons. The van der Waals surface area contributed by atoms with E-state index in [2.05, 4.69) is 20.5 Å². The number of aryl methyl sites for hydroxylation is 3. The second-order valence-electron chi connectivity index (χ2n) is 3.95. The molecular weight excluding hydrogens is 216 g/mol. The third kappa shape index (κ3) is 2.33. The van der Waals surface area contributed by atoms with Crippen LogP contribution in [-0.4, -0.2) is 21.1 Å². The van der Waals surface area contributed by atoms with Crippen molar-refractivity contribution in [2.24, 2.45) is 0 Å². The number of rotatable bonds is 2. The van der Waals surface area contributed by atoms with Crippen LogP contribution < -0.4 is 5.32 Å². The first-order valence-electron chi connectivity index (χ1n) is 5.33. The molecule has 2 aromatic rings. The lowest BCUT2D eigenvalue weighted by Gasteiger charge is -2.05. The van der Waals surface area contributed by atoms with Crippen molar-refractivity contribution in [1.82, 2.24) is 15.2 Å². The summed E-state index contributed by atoms with van der Waals surface area (Å²) in [7, 11) is 0. The van der Waals surface area contributed by atoms with Gasteiger partial charge in [0, 0.05) is 17.5 Å². The maximum atomic E-state index is 12.0. The monoisotopic (exact) mass is 230 g/mol. The molecule has 17 heavy (non-hydrogen) atoms. The van der Waals surface area contributed by atoms with Gasteiger partial charge in [-0.2, -0.15) is 5.10 Å². The summed E-state index contributed by atoms with van der Waals surface area (Å²) in [5, 5.41) is 9.70. The first-order valence-corrected chi connectivity index (χ1v) is 5.33. The highest BCUT2D eigenvalue weighted by Gasteiger charge is 2.11. The Bertz CT molecular complexity index is 540. The number of hydrogen-bond donors (Lipinski definition) is 2. The number of amides is 1. The molecule has 5 heteroatoms. The van der Waals surface area contributed by atoms with Gasteiger partial charge in [-0.1, -0.05) is 0 Å². The van der Waals surface area contributed by atoms with E-state index in [1.807, 2.05) is 20.8 Å². The third-order valence-corrected chi connectivity index (χ3v) is 2.53. The van der Waals surface area contributed by atoms with Gasteiger partial charge in [-0.25, -0.2) is 0 Å². The van der Waals surface area contributed by atoms with E-state index in [1.165, 1.54) is 0 Å². The van der Waals surface area contributed by atoms with Crippen molar-refractivity contribution >= 4 is 11.6 Å². The number of H-pyrrole nitrogens is 1. The van der Waals surface area contributed by atoms with Crippen molar-refractivity contribution in [2.75, 3.05) is 5.32 Å². The lowest BCUT2D eigenvalue weighted by molar-refractivity contribution is 0.102. The van der Waals surface area contributed by atoms with E-state index in [1.54, 1.807) is 18.3 Å². The van der Waals surface area contributed by atoms with Crippen LogP contribution in [0.3, 0.4) is 0 Å². The van der Waals surface area contributed by atoms with Crippen LogP contribution in [-0.2, 0) is 0 Å². The SMILES string of the molecule is Cc1cc(C(=O)Nc2c(C)n[nH]c2C)ccn1. The molecular formula is C12H14N4O. The van der Waals surface area contributed by atoms with E-state index in [0.29, 0.717) is 5.56 Å². The first-order chi connectivity index (χ1) is 8.08. The molecule has 0 fully saturated rings. The van der Waals surface area contributed by atoms with Crippen LogP contribution in [0.2, 0.25) is 0 Å². The highest BCUT2D eigenvalue weighted by molar-refractivity contribution is 6.04. The molecule has 2 heterocycles. The number of nitrogens with one attached hydrogen (secondary N) is 2. The largest absolute Gasteiger partial charge is 0.319 e. The van der Waals surface area contributed by atoms with Crippen LogP contribution in [0.1, 0.15) is 27.4 Å². The average Bonchev–Trinajstić information content (AvgIpc) is 2.61. The molecule has 2 aromatic heterocycles. The number of carbonyl (C=O) groups is 1. The molecule has 5 nitrogen and oxygen atoms in total. The number of nitrogens with zero attached hydrogens (tertiary/aromatic N) is 2. The summed E-state index contributed by atoms with van der Waals surface area (Å²) >= 11 is 0. The summed E-state index contributed by atoms with van der Waals surface area (Å²) in [4.78, 5) is 16.0. The fourth-order valence-corrected chi connectivity index (χ4v) is 1.61. The maximum Gasteiger partial charge on any atom is 0.255 e. The zero-order valence-corrected chi connectivity index (χ0v) is 10.0. The Labute approximate surface area is 99.3 Å². The van der Waals surface area contributed by atoms with Gasteiger partial charge >= 0.3 is 0 Å². The normalized spacial score (nSPS) is 10.3. The quantitative estimate of drug-likeness (QED) is 0.828. The van der Waals surface area contributed by atoms with Gasteiger partial charge < -0.3 is 5.32 Å². The van der Waals surface area contributed by atoms with E-state index in [0.717, 1.165) is 22.8 Å². The summed E-state index contributed by atoms with van der Waals surface area (Å²) in [6, 6.07) is 3.44. The Morgan fingerprint density at radius 2 is 2.12 bits per heavy atom. The highest BCUT2D eigenvalue weighted by atomic mass is 16.1. The number of pyridine rings is 1. The van der Waals surface area contributed by atoms with Gasteiger partial charge in [-0.3, -0.25) is 14.9 Å².